The van der Waals surface area contributed by atoms with E-state index in [4.69, 9.17) is 18.8 Å². The van der Waals surface area contributed by atoms with Crippen LogP contribution in [0.5, 0.6) is 0 Å². The van der Waals surface area contributed by atoms with Crippen molar-refractivity contribution in [2.45, 2.75) is 146 Å². The van der Waals surface area contributed by atoms with Crippen LogP contribution in [0, 0.1) is 0 Å². The van der Waals surface area contributed by atoms with Crippen molar-refractivity contribution in [3.05, 3.63) is 0 Å². The standard InChI is InChI=1S/C27H52O11S/c1-2-3-4-5-6-7-8-9-10-11-12-13-14-15-16-17-23(29)36-18-21(28)19-37-27-26(32)25(31)24(30)22(38-27)20-39(33,34)35/h21-22,24-28,30-32H,2-20H2,1H3,(H,33,34,35)/t21?,22-,24-,25+,26-,27+/m1/s1. The highest BCUT2D eigenvalue weighted by atomic mass is 32.2. The summed E-state index contributed by atoms with van der Waals surface area (Å²) in [4.78, 5) is 11.9. The lowest BCUT2D eigenvalue weighted by molar-refractivity contribution is -0.296. The molecule has 0 saturated carbocycles. The largest absolute Gasteiger partial charge is 0.463 e. The van der Waals surface area contributed by atoms with Crippen molar-refractivity contribution in [2.75, 3.05) is 19.0 Å². The maximum absolute atomic E-state index is 11.9. The first-order valence-corrected chi connectivity index (χ1v) is 16.3. The SMILES string of the molecule is CCCCCCCCCCCCCCCCCC(=O)OCC(O)CO[C@H]1O[C@H](CS(=O)(=O)O)[C@@H](O)[C@H](O)[C@H]1O. The van der Waals surface area contributed by atoms with Gasteiger partial charge in [0.25, 0.3) is 10.1 Å². The van der Waals surface area contributed by atoms with Crippen molar-refractivity contribution in [3.63, 3.8) is 0 Å². The topological polar surface area (TPSA) is 180 Å². The summed E-state index contributed by atoms with van der Waals surface area (Å²) in [5.74, 6) is -1.46. The van der Waals surface area contributed by atoms with Crippen LogP contribution in [0.15, 0.2) is 0 Å². The highest BCUT2D eigenvalue weighted by Gasteiger charge is 2.45. The van der Waals surface area contributed by atoms with Crippen LogP contribution in [0.3, 0.4) is 0 Å². The number of ether oxygens (including phenoxy) is 3. The number of esters is 1. The maximum atomic E-state index is 11.9. The van der Waals surface area contributed by atoms with E-state index in [2.05, 4.69) is 6.92 Å². The van der Waals surface area contributed by atoms with Gasteiger partial charge in [-0.15, -0.1) is 0 Å². The number of aliphatic hydroxyl groups excluding tert-OH is 4. The predicted molar refractivity (Wildman–Crippen MR) is 146 cm³/mol. The van der Waals surface area contributed by atoms with Gasteiger partial charge >= 0.3 is 5.97 Å². The fourth-order valence-electron chi connectivity index (χ4n) is 4.56. The number of hydrogen-bond acceptors (Lipinski definition) is 10. The van der Waals surface area contributed by atoms with Gasteiger partial charge in [0, 0.05) is 6.42 Å². The molecule has 0 aromatic heterocycles. The van der Waals surface area contributed by atoms with Crippen LogP contribution < -0.4 is 0 Å². The molecule has 39 heavy (non-hydrogen) atoms. The van der Waals surface area contributed by atoms with Crippen LogP contribution in [0.1, 0.15) is 110 Å². The fourth-order valence-corrected chi connectivity index (χ4v) is 5.25. The van der Waals surface area contributed by atoms with Crippen molar-refractivity contribution < 1.29 is 52.4 Å². The van der Waals surface area contributed by atoms with Gasteiger partial charge in [0.1, 0.15) is 42.9 Å². The minimum atomic E-state index is -4.53. The van der Waals surface area contributed by atoms with Gasteiger partial charge in [0.2, 0.25) is 0 Å². The monoisotopic (exact) mass is 584 g/mol. The Bertz CT molecular complexity index is 733. The van der Waals surface area contributed by atoms with Gasteiger partial charge in [-0.05, 0) is 6.42 Å². The van der Waals surface area contributed by atoms with E-state index in [0.29, 0.717) is 6.42 Å². The third-order valence-electron chi connectivity index (χ3n) is 6.92. The summed E-state index contributed by atoms with van der Waals surface area (Å²) in [5, 5.41) is 39.7. The first-order chi connectivity index (χ1) is 18.5. The molecule has 0 aromatic carbocycles. The molecule has 1 aliphatic heterocycles. The normalized spacial score (nSPS) is 24.5. The second-order valence-corrected chi connectivity index (χ2v) is 12.1. The first-order valence-electron chi connectivity index (χ1n) is 14.6. The second kappa shape index (κ2) is 20.9. The molecule has 1 unspecified atom stereocenters. The predicted octanol–water partition coefficient (Wildman–Crippen LogP) is 2.86. The molecule has 6 atom stereocenters. The first kappa shape index (κ1) is 36.2. The number of carbonyl (C=O) groups excluding carboxylic acids is 1. The summed E-state index contributed by atoms with van der Waals surface area (Å²) >= 11 is 0. The number of unbranched alkanes of at least 4 members (excludes halogenated alkanes) is 14. The van der Waals surface area contributed by atoms with E-state index < -0.39 is 65.3 Å². The van der Waals surface area contributed by atoms with Crippen LogP contribution in [0.2, 0.25) is 0 Å². The van der Waals surface area contributed by atoms with Crippen molar-refractivity contribution in [1.82, 2.24) is 0 Å². The molecule has 232 valence electrons. The zero-order valence-electron chi connectivity index (χ0n) is 23.5. The zero-order chi connectivity index (χ0) is 29.1. The fraction of sp³-hybridized carbons (Fsp3) is 0.963. The molecule has 0 amide bonds. The summed E-state index contributed by atoms with van der Waals surface area (Å²) in [7, 11) is -4.53. The number of rotatable bonds is 23. The van der Waals surface area contributed by atoms with Gasteiger partial charge < -0.3 is 34.6 Å². The summed E-state index contributed by atoms with van der Waals surface area (Å²) < 4.78 is 46.4. The number of hydrogen-bond donors (Lipinski definition) is 5. The van der Waals surface area contributed by atoms with Crippen LogP contribution in [0.25, 0.3) is 0 Å². The lowest BCUT2D eigenvalue weighted by Gasteiger charge is -2.40. The minimum Gasteiger partial charge on any atom is -0.463 e. The van der Waals surface area contributed by atoms with Gasteiger partial charge in [-0.25, -0.2) is 0 Å². The van der Waals surface area contributed by atoms with E-state index in [1.807, 2.05) is 0 Å². The van der Waals surface area contributed by atoms with E-state index in [1.54, 1.807) is 0 Å². The summed E-state index contributed by atoms with van der Waals surface area (Å²) in [6.45, 7) is 1.45. The molecule has 0 bridgehead atoms. The van der Waals surface area contributed by atoms with Crippen LogP contribution in [0.4, 0.5) is 0 Å². The van der Waals surface area contributed by atoms with Gasteiger partial charge in [0.15, 0.2) is 6.29 Å². The lowest BCUT2D eigenvalue weighted by Crippen LogP contribution is -2.60. The number of aliphatic hydroxyl groups is 4. The Labute approximate surface area is 234 Å². The van der Waals surface area contributed by atoms with Gasteiger partial charge in [-0.3, -0.25) is 9.35 Å². The highest BCUT2D eigenvalue weighted by molar-refractivity contribution is 7.85. The molecule has 0 aliphatic carbocycles. The quantitative estimate of drug-likeness (QED) is 0.0677. The maximum Gasteiger partial charge on any atom is 0.305 e. The van der Waals surface area contributed by atoms with E-state index >= 15 is 0 Å². The van der Waals surface area contributed by atoms with Crippen molar-refractivity contribution in [2.24, 2.45) is 0 Å². The molecule has 0 spiro atoms. The van der Waals surface area contributed by atoms with E-state index in [9.17, 15) is 33.6 Å². The van der Waals surface area contributed by atoms with Crippen LogP contribution in [-0.2, 0) is 29.1 Å². The second-order valence-electron chi connectivity index (χ2n) is 10.6. The smallest absolute Gasteiger partial charge is 0.305 e. The lowest BCUT2D eigenvalue weighted by atomic mass is 10.00. The number of carbonyl (C=O) groups is 1. The molecule has 11 nitrogen and oxygen atoms in total. The molecule has 1 aliphatic rings. The van der Waals surface area contributed by atoms with Crippen molar-refractivity contribution >= 4 is 16.1 Å². The molecule has 0 radical (unpaired) electrons. The van der Waals surface area contributed by atoms with E-state index in [0.717, 1.165) is 19.3 Å². The Morgan fingerprint density at radius 3 is 1.74 bits per heavy atom. The summed E-state index contributed by atoms with van der Waals surface area (Å²) in [5.41, 5.74) is 0. The molecule has 1 rings (SSSR count). The average molecular weight is 585 g/mol. The molecule has 5 N–H and O–H groups in total. The molecule has 1 fully saturated rings. The molecular weight excluding hydrogens is 532 g/mol. The Hall–Kier alpha value is -0.860. The van der Waals surface area contributed by atoms with Gasteiger partial charge in [-0.1, -0.05) is 96.8 Å². The third kappa shape index (κ3) is 17.5. The van der Waals surface area contributed by atoms with Crippen LogP contribution >= 0.6 is 0 Å². The molecule has 0 aromatic rings. The van der Waals surface area contributed by atoms with Gasteiger partial charge in [0.05, 0.1) is 6.61 Å². The molecule has 12 heteroatoms. The Kier molecular flexibility index (Phi) is 19.4. The summed E-state index contributed by atoms with van der Waals surface area (Å²) in [6.07, 6.45) is 9.05. The average Bonchev–Trinajstić information content (AvgIpc) is 2.88. The molecule has 1 heterocycles. The minimum absolute atomic E-state index is 0.248. The van der Waals surface area contributed by atoms with Crippen molar-refractivity contribution in [3.8, 4) is 0 Å². The zero-order valence-corrected chi connectivity index (χ0v) is 24.3. The van der Waals surface area contributed by atoms with Gasteiger partial charge in [-0.2, -0.15) is 8.42 Å². The third-order valence-corrected chi connectivity index (χ3v) is 7.67. The van der Waals surface area contributed by atoms with E-state index in [-0.39, 0.29) is 13.0 Å². The molecule has 1 saturated heterocycles. The Balaban J connectivity index is 2.05. The van der Waals surface area contributed by atoms with Crippen molar-refractivity contribution in [1.29, 1.82) is 0 Å². The Morgan fingerprint density at radius 2 is 1.26 bits per heavy atom. The Morgan fingerprint density at radius 1 is 0.769 bits per heavy atom. The van der Waals surface area contributed by atoms with E-state index in [1.165, 1.54) is 70.6 Å². The summed E-state index contributed by atoms with van der Waals surface area (Å²) in [6, 6.07) is 0. The van der Waals surface area contributed by atoms with Crippen LogP contribution in [-0.4, -0.2) is 95.1 Å². The highest BCUT2D eigenvalue weighted by Crippen LogP contribution is 2.23. The molecular formula is C27H52O11S.